The first kappa shape index (κ1) is 16.3. The number of benzene rings is 2. The molecular weight excluding hydrogens is 304 g/mol. The van der Waals surface area contributed by atoms with E-state index in [4.69, 9.17) is 4.74 Å². The summed E-state index contributed by atoms with van der Waals surface area (Å²) in [7, 11) is 1.68. The van der Waals surface area contributed by atoms with Crippen molar-refractivity contribution < 1.29 is 19.5 Å². The van der Waals surface area contributed by atoms with Crippen molar-refractivity contribution in [3.8, 4) is 5.75 Å². The molecule has 0 saturated carbocycles. The number of carboxylic acids is 1. The van der Waals surface area contributed by atoms with Gasteiger partial charge in [0.2, 0.25) is 0 Å². The monoisotopic (exact) mass is 326 g/mol. The Morgan fingerprint density at radius 2 is 1.92 bits per heavy atom. The molecule has 3 rings (SSSR count). The second-order valence-corrected chi connectivity index (χ2v) is 6.07. The van der Waals surface area contributed by atoms with Crippen molar-refractivity contribution >= 4 is 11.7 Å². The molecule has 0 amide bonds. The van der Waals surface area contributed by atoms with Crippen LogP contribution in [0.25, 0.3) is 0 Å². The van der Waals surface area contributed by atoms with E-state index in [0.29, 0.717) is 0 Å². The minimum atomic E-state index is -1.11. The lowest BCUT2D eigenvalue weighted by molar-refractivity contribution is -0.914. The van der Waals surface area contributed by atoms with Crippen molar-refractivity contribution in [3.05, 3.63) is 59.7 Å². The minimum Gasteiger partial charge on any atom is -0.545 e. The highest BCUT2D eigenvalue weighted by Gasteiger charge is 2.22. The first-order valence-corrected chi connectivity index (χ1v) is 8.19. The summed E-state index contributed by atoms with van der Waals surface area (Å²) in [5.74, 6) is -0.231. The first-order chi connectivity index (χ1) is 11.7. The zero-order chi connectivity index (χ0) is 16.9. The van der Waals surface area contributed by atoms with E-state index in [1.54, 1.807) is 19.2 Å². The Bertz CT molecular complexity index is 709. The van der Waals surface area contributed by atoms with E-state index in [0.717, 1.165) is 44.2 Å². The Labute approximate surface area is 142 Å². The fourth-order valence-electron chi connectivity index (χ4n) is 3.23. The highest BCUT2D eigenvalue weighted by molar-refractivity contribution is 5.93. The first-order valence-electron chi connectivity index (χ1n) is 8.19. The van der Waals surface area contributed by atoms with E-state index in [9.17, 15) is 9.90 Å². The average Bonchev–Trinajstić information content (AvgIpc) is 2.62. The van der Waals surface area contributed by atoms with Crippen LogP contribution in [-0.2, 0) is 6.54 Å². The van der Waals surface area contributed by atoms with Crippen LogP contribution in [0.1, 0.15) is 15.9 Å². The zero-order valence-corrected chi connectivity index (χ0v) is 13.8. The SMILES string of the molecule is COc1cccc(C[NH+]2CCN(c3ccccc3C(=O)[O-])CC2)c1. The Balaban J connectivity index is 1.63. The number of rotatable bonds is 5. The Morgan fingerprint density at radius 3 is 2.62 bits per heavy atom. The number of ether oxygens (including phenoxy) is 1. The van der Waals surface area contributed by atoms with Crippen molar-refractivity contribution in [2.75, 3.05) is 38.2 Å². The summed E-state index contributed by atoms with van der Waals surface area (Å²) < 4.78 is 5.28. The second-order valence-electron chi connectivity index (χ2n) is 6.07. The van der Waals surface area contributed by atoms with Gasteiger partial charge in [0.25, 0.3) is 0 Å². The third-order valence-corrected chi connectivity index (χ3v) is 4.52. The Morgan fingerprint density at radius 1 is 1.17 bits per heavy atom. The summed E-state index contributed by atoms with van der Waals surface area (Å²) in [4.78, 5) is 14.9. The number of quaternary nitrogens is 1. The van der Waals surface area contributed by atoms with Gasteiger partial charge in [0, 0.05) is 16.8 Å². The van der Waals surface area contributed by atoms with Crippen LogP contribution in [0.5, 0.6) is 5.75 Å². The van der Waals surface area contributed by atoms with Crippen LogP contribution in [0.3, 0.4) is 0 Å². The molecule has 24 heavy (non-hydrogen) atoms. The van der Waals surface area contributed by atoms with Crippen LogP contribution < -0.4 is 19.6 Å². The molecule has 1 N–H and O–H groups in total. The zero-order valence-electron chi connectivity index (χ0n) is 13.8. The van der Waals surface area contributed by atoms with Crippen LogP contribution in [0, 0.1) is 0 Å². The number of carbonyl (C=O) groups excluding carboxylic acids is 1. The third kappa shape index (κ3) is 3.68. The molecule has 0 radical (unpaired) electrons. The quantitative estimate of drug-likeness (QED) is 0.838. The van der Waals surface area contributed by atoms with Gasteiger partial charge in [-0.1, -0.05) is 30.3 Å². The van der Waals surface area contributed by atoms with Crippen molar-refractivity contribution in [2.45, 2.75) is 6.54 Å². The van der Waals surface area contributed by atoms with E-state index >= 15 is 0 Å². The van der Waals surface area contributed by atoms with Gasteiger partial charge in [0.1, 0.15) is 12.3 Å². The average molecular weight is 326 g/mol. The van der Waals surface area contributed by atoms with Gasteiger partial charge in [-0.25, -0.2) is 0 Å². The van der Waals surface area contributed by atoms with Crippen molar-refractivity contribution in [2.24, 2.45) is 0 Å². The minimum absolute atomic E-state index is 0.272. The maximum atomic E-state index is 11.3. The molecule has 2 aromatic rings. The van der Waals surface area contributed by atoms with Crippen LogP contribution in [0.2, 0.25) is 0 Å². The molecule has 126 valence electrons. The van der Waals surface area contributed by atoms with Gasteiger partial charge in [-0.15, -0.1) is 0 Å². The van der Waals surface area contributed by atoms with Crippen molar-refractivity contribution in [1.82, 2.24) is 0 Å². The van der Waals surface area contributed by atoms with Gasteiger partial charge in [-0.3, -0.25) is 0 Å². The van der Waals surface area contributed by atoms with E-state index in [1.165, 1.54) is 10.5 Å². The molecule has 0 bridgehead atoms. The molecule has 0 spiro atoms. The number of anilines is 1. The smallest absolute Gasteiger partial charge is 0.119 e. The standard InChI is InChI=1S/C19H22N2O3/c1-24-16-6-4-5-15(13-16)14-20-9-11-21(12-10-20)18-8-3-2-7-17(18)19(22)23/h2-8,13H,9-12,14H2,1H3,(H,22,23). The molecule has 0 unspecified atom stereocenters. The predicted molar refractivity (Wildman–Crippen MR) is 90.4 cm³/mol. The fourth-order valence-corrected chi connectivity index (χ4v) is 3.23. The van der Waals surface area contributed by atoms with Gasteiger partial charge in [-0.2, -0.15) is 0 Å². The number of para-hydroxylation sites is 1. The number of nitrogens with zero attached hydrogens (tertiary/aromatic N) is 1. The largest absolute Gasteiger partial charge is 0.545 e. The molecule has 0 aromatic heterocycles. The van der Waals surface area contributed by atoms with Gasteiger partial charge in [-0.05, 0) is 18.2 Å². The molecule has 0 aliphatic carbocycles. The maximum absolute atomic E-state index is 11.3. The lowest BCUT2D eigenvalue weighted by Gasteiger charge is -2.34. The molecule has 5 heteroatoms. The second kappa shape index (κ2) is 7.36. The molecule has 2 aromatic carbocycles. The molecule has 1 aliphatic heterocycles. The van der Waals surface area contributed by atoms with E-state index < -0.39 is 5.97 Å². The summed E-state index contributed by atoms with van der Waals surface area (Å²) in [5.41, 5.74) is 2.29. The molecular formula is C19H22N2O3. The summed E-state index contributed by atoms with van der Waals surface area (Å²) in [6.07, 6.45) is 0. The molecule has 1 fully saturated rings. The van der Waals surface area contributed by atoms with Gasteiger partial charge in [0.05, 0.1) is 39.3 Å². The topological polar surface area (TPSA) is 57.0 Å². The van der Waals surface area contributed by atoms with E-state index in [-0.39, 0.29) is 5.56 Å². The van der Waals surface area contributed by atoms with Crippen molar-refractivity contribution in [1.29, 1.82) is 0 Å². The molecule has 1 aliphatic rings. The molecule has 5 nitrogen and oxygen atoms in total. The number of carbonyl (C=O) groups is 1. The number of piperazine rings is 1. The number of carboxylic acid groups (broad SMARTS) is 1. The normalized spacial score (nSPS) is 15.3. The van der Waals surface area contributed by atoms with Gasteiger partial charge >= 0.3 is 0 Å². The predicted octanol–water partition coefficient (Wildman–Crippen LogP) is -0.0362. The number of aromatic carboxylic acids is 1. The van der Waals surface area contributed by atoms with E-state index in [1.807, 2.05) is 24.3 Å². The van der Waals surface area contributed by atoms with Crippen LogP contribution in [0.15, 0.2) is 48.5 Å². The van der Waals surface area contributed by atoms with Gasteiger partial charge < -0.3 is 24.4 Å². The molecule has 0 atom stereocenters. The van der Waals surface area contributed by atoms with Crippen molar-refractivity contribution in [3.63, 3.8) is 0 Å². The lowest BCUT2D eigenvalue weighted by Crippen LogP contribution is -3.13. The van der Waals surface area contributed by atoms with Crippen LogP contribution in [0.4, 0.5) is 5.69 Å². The molecule has 1 saturated heterocycles. The number of hydrogen-bond donors (Lipinski definition) is 1. The summed E-state index contributed by atoms with van der Waals surface area (Å²) in [5, 5.41) is 11.3. The van der Waals surface area contributed by atoms with Gasteiger partial charge in [0.15, 0.2) is 0 Å². The summed E-state index contributed by atoms with van der Waals surface area (Å²) in [6.45, 7) is 4.57. The number of hydrogen-bond acceptors (Lipinski definition) is 4. The highest BCUT2D eigenvalue weighted by atomic mass is 16.5. The number of methoxy groups -OCH3 is 1. The highest BCUT2D eigenvalue weighted by Crippen LogP contribution is 2.19. The Hall–Kier alpha value is -2.53. The third-order valence-electron chi connectivity index (χ3n) is 4.52. The fraction of sp³-hybridized carbons (Fsp3) is 0.316. The number of nitrogens with one attached hydrogen (secondary N) is 1. The van der Waals surface area contributed by atoms with Crippen LogP contribution in [-0.4, -0.2) is 39.3 Å². The molecule has 1 heterocycles. The summed E-state index contributed by atoms with van der Waals surface area (Å²) in [6, 6.07) is 15.2. The summed E-state index contributed by atoms with van der Waals surface area (Å²) >= 11 is 0. The maximum Gasteiger partial charge on any atom is 0.119 e. The Kier molecular flexibility index (Phi) is 5.01. The van der Waals surface area contributed by atoms with E-state index in [2.05, 4.69) is 17.0 Å². The lowest BCUT2D eigenvalue weighted by atomic mass is 10.1. The van der Waals surface area contributed by atoms with Crippen LogP contribution >= 0.6 is 0 Å².